The largest absolute Gasteiger partial charge is 0.476 e. The fourth-order valence-corrected chi connectivity index (χ4v) is 1.67. The minimum Gasteiger partial charge on any atom is -0.476 e. The van der Waals surface area contributed by atoms with E-state index >= 15 is 0 Å². The maximum absolute atomic E-state index is 10.9. The van der Waals surface area contributed by atoms with E-state index in [9.17, 15) is 4.79 Å². The molecule has 2 rings (SSSR count). The predicted molar refractivity (Wildman–Crippen MR) is 69.7 cm³/mol. The molecule has 19 heavy (non-hydrogen) atoms. The maximum atomic E-state index is 10.9. The van der Waals surface area contributed by atoms with Crippen molar-refractivity contribution in [3.8, 4) is 5.82 Å². The molecule has 0 unspecified atom stereocenters. The summed E-state index contributed by atoms with van der Waals surface area (Å²) in [4.78, 5) is 19.8. The zero-order chi connectivity index (χ0) is 14.2. The Hall–Kier alpha value is -2.24. The van der Waals surface area contributed by atoms with Crippen LogP contribution in [0.5, 0.6) is 0 Å². The molecule has 0 aromatic carbocycles. The van der Waals surface area contributed by atoms with E-state index in [-0.39, 0.29) is 11.6 Å². The fourth-order valence-electron chi connectivity index (χ4n) is 1.67. The Morgan fingerprint density at radius 1 is 1.32 bits per heavy atom. The molecule has 0 aliphatic carbocycles. The van der Waals surface area contributed by atoms with Gasteiger partial charge in [-0.25, -0.2) is 19.4 Å². The zero-order valence-electron chi connectivity index (χ0n) is 11.4. The van der Waals surface area contributed by atoms with Gasteiger partial charge in [0.2, 0.25) is 0 Å². The second kappa shape index (κ2) is 4.79. The first kappa shape index (κ1) is 13.2. The van der Waals surface area contributed by atoms with Crippen molar-refractivity contribution in [2.24, 2.45) is 0 Å². The number of nitrogens with zero attached hydrogens (tertiary/aromatic N) is 4. The van der Waals surface area contributed by atoms with E-state index in [0.717, 1.165) is 17.1 Å². The summed E-state index contributed by atoms with van der Waals surface area (Å²) in [5.74, 6) is 0.507. The van der Waals surface area contributed by atoms with Crippen LogP contribution in [-0.4, -0.2) is 30.8 Å². The van der Waals surface area contributed by atoms with Gasteiger partial charge in [0.15, 0.2) is 11.5 Å². The van der Waals surface area contributed by atoms with Crippen molar-refractivity contribution < 1.29 is 9.90 Å². The molecule has 0 fully saturated rings. The van der Waals surface area contributed by atoms with Crippen LogP contribution in [0.15, 0.2) is 12.3 Å². The molecule has 0 saturated heterocycles. The van der Waals surface area contributed by atoms with Gasteiger partial charge >= 0.3 is 5.97 Å². The molecule has 0 saturated carbocycles. The summed E-state index contributed by atoms with van der Waals surface area (Å²) in [6, 6.07) is 1.45. The summed E-state index contributed by atoms with van der Waals surface area (Å²) in [5.41, 5.74) is 1.77. The van der Waals surface area contributed by atoms with Crippen molar-refractivity contribution in [1.29, 1.82) is 0 Å². The van der Waals surface area contributed by atoms with Crippen LogP contribution >= 0.6 is 0 Å². The minimum absolute atomic E-state index is 0.00163. The van der Waals surface area contributed by atoms with Gasteiger partial charge in [-0.3, -0.25) is 0 Å². The van der Waals surface area contributed by atoms with Crippen LogP contribution in [-0.2, 0) is 0 Å². The molecule has 0 radical (unpaired) electrons. The van der Waals surface area contributed by atoms with Crippen molar-refractivity contribution in [3.05, 3.63) is 35.0 Å². The molecule has 0 atom stereocenters. The molecular weight excluding hydrogens is 244 g/mol. The molecule has 1 N–H and O–H groups in total. The van der Waals surface area contributed by atoms with Gasteiger partial charge in [-0.1, -0.05) is 13.8 Å². The first-order chi connectivity index (χ1) is 8.90. The van der Waals surface area contributed by atoms with Gasteiger partial charge in [0, 0.05) is 23.4 Å². The summed E-state index contributed by atoms with van der Waals surface area (Å²) < 4.78 is 1.49. The van der Waals surface area contributed by atoms with E-state index in [1.165, 1.54) is 10.7 Å². The highest BCUT2D eigenvalue weighted by Crippen LogP contribution is 2.18. The van der Waals surface area contributed by atoms with Crippen LogP contribution in [0.1, 0.15) is 47.3 Å². The SMILES string of the molecule is Cc1nc(C(C)C)nc(-n2ccc(C(=O)O)n2)c1C. The van der Waals surface area contributed by atoms with E-state index in [4.69, 9.17) is 5.11 Å². The molecule has 2 aromatic heterocycles. The number of hydrogen-bond acceptors (Lipinski definition) is 4. The first-order valence-corrected chi connectivity index (χ1v) is 6.04. The van der Waals surface area contributed by atoms with Crippen molar-refractivity contribution >= 4 is 5.97 Å². The molecule has 6 heteroatoms. The van der Waals surface area contributed by atoms with Crippen LogP contribution < -0.4 is 0 Å². The average molecular weight is 260 g/mol. The fraction of sp³-hybridized carbons (Fsp3) is 0.385. The predicted octanol–water partition coefficient (Wildman–Crippen LogP) is 2.10. The lowest BCUT2D eigenvalue weighted by atomic mass is 10.2. The van der Waals surface area contributed by atoms with Gasteiger partial charge in [0.05, 0.1) is 0 Å². The van der Waals surface area contributed by atoms with E-state index in [1.807, 2.05) is 27.7 Å². The molecule has 0 amide bonds. The molecule has 6 nitrogen and oxygen atoms in total. The molecule has 2 aromatic rings. The van der Waals surface area contributed by atoms with Gasteiger partial charge in [-0.15, -0.1) is 0 Å². The Bertz CT molecular complexity index is 632. The monoisotopic (exact) mass is 260 g/mol. The summed E-state index contributed by atoms with van der Waals surface area (Å²) in [7, 11) is 0. The van der Waals surface area contributed by atoms with Gasteiger partial charge in [-0.2, -0.15) is 5.10 Å². The Balaban J connectivity index is 2.56. The van der Waals surface area contributed by atoms with Crippen molar-refractivity contribution in [3.63, 3.8) is 0 Å². The zero-order valence-corrected chi connectivity index (χ0v) is 11.4. The van der Waals surface area contributed by atoms with Gasteiger partial charge in [-0.05, 0) is 19.9 Å². The molecule has 100 valence electrons. The number of aromatic nitrogens is 4. The summed E-state index contributed by atoms with van der Waals surface area (Å²) >= 11 is 0. The lowest BCUT2D eigenvalue weighted by molar-refractivity contribution is 0.0690. The average Bonchev–Trinajstić information content (AvgIpc) is 2.81. The quantitative estimate of drug-likeness (QED) is 0.914. The van der Waals surface area contributed by atoms with Gasteiger partial charge in [0.1, 0.15) is 5.82 Å². The molecule has 0 aliphatic heterocycles. The van der Waals surface area contributed by atoms with Crippen LogP contribution in [0, 0.1) is 13.8 Å². The standard InChI is InChI=1S/C13H16N4O2/c1-7(2)11-14-9(4)8(3)12(15-11)17-6-5-10(16-17)13(18)19/h5-7H,1-4H3,(H,18,19). The van der Waals surface area contributed by atoms with Crippen LogP contribution in [0.25, 0.3) is 5.82 Å². The Labute approximate surface area is 111 Å². The van der Waals surface area contributed by atoms with Gasteiger partial charge < -0.3 is 5.11 Å². The summed E-state index contributed by atoms with van der Waals surface area (Å²) in [6.45, 7) is 7.84. The third-order valence-corrected chi connectivity index (χ3v) is 2.92. The van der Waals surface area contributed by atoms with E-state index in [0.29, 0.717) is 5.82 Å². The minimum atomic E-state index is -1.05. The number of hydrogen-bond donors (Lipinski definition) is 1. The van der Waals surface area contributed by atoms with Crippen LogP contribution in [0.4, 0.5) is 0 Å². The number of aryl methyl sites for hydroxylation is 1. The van der Waals surface area contributed by atoms with Gasteiger partial charge in [0.25, 0.3) is 0 Å². The lowest BCUT2D eigenvalue weighted by Gasteiger charge is -2.11. The van der Waals surface area contributed by atoms with E-state index in [2.05, 4.69) is 15.1 Å². The Morgan fingerprint density at radius 2 is 2.00 bits per heavy atom. The van der Waals surface area contributed by atoms with Crippen molar-refractivity contribution in [1.82, 2.24) is 19.7 Å². The normalized spacial score (nSPS) is 11.0. The summed E-state index contributed by atoms with van der Waals surface area (Å²) in [5, 5.41) is 12.9. The smallest absolute Gasteiger partial charge is 0.356 e. The number of aromatic carboxylic acids is 1. The number of carboxylic acids is 1. The molecular formula is C13H16N4O2. The van der Waals surface area contributed by atoms with Crippen molar-refractivity contribution in [2.75, 3.05) is 0 Å². The molecule has 2 heterocycles. The summed E-state index contributed by atoms with van der Waals surface area (Å²) in [6.07, 6.45) is 1.60. The highest BCUT2D eigenvalue weighted by atomic mass is 16.4. The maximum Gasteiger partial charge on any atom is 0.356 e. The molecule has 0 spiro atoms. The molecule has 0 bridgehead atoms. The second-order valence-electron chi connectivity index (χ2n) is 4.72. The highest BCUT2D eigenvalue weighted by molar-refractivity contribution is 5.85. The third kappa shape index (κ3) is 2.47. The second-order valence-corrected chi connectivity index (χ2v) is 4.72. The number of rotatable bonds is 3. The Kier molecular flexibility index (Phi) is 3.33. The van der Waals surface area contributed by atoms with Crippen molar-refractivity contribution in [2.45, 2.75) is 33.6 Å². The number of carbonyl (C=O) groups is 1. The van der Waals surface area contributed by atoms with E-state index < -0.39 is 5.97 Å². The molecule has 0 aliphatic rings. The van der Waals surface area contributed by atoms with E-state index in [1.54, 1.807) is 6.20 Å². The topological polar surface area (TPSA) is 80.9 Å². The van der Waals surface area contributed by atoms with Crippen LogP contribution in [0.2, 0.25) is 0 Å². The third-order valence-electron chi connectivity index (χ3n) is 2.92. The lowest BCUT2D eigenvalue weighted by Crippen LogP contribution is -2.10. The first-order valence-electron chi connectivity index (χ1n) is 6.04. The number of carboxylic acid groups (broad SMARTS) is 1. The van der Waals surface area contributed by atoms with Crippen LogP contribution in [0.3, 0.4) is 0 Å². The highest BCUT2D eigenvalue weighted by Gasteiger charge is 2.14. The Morgan fingerprint density at radius 3 is 2.53 bits per heavy atom.